The molecular weight excluding hydrogens is 162 g/mol. The highest BCUT2D eigenvalue weighted by Crippen LogP contribution is 2.17. The highest BCUT2D eigenvalue weighted by molar-refractivity contribution is 5.80. The van der Waals surface area contributed by atoms with Crippen molar-refractivity contribution >= 4 is 10.9 Å². The highest BCUT2D eigenvalue weighted by atomic mass is 16.3. The number of aromatic amines is 1. The summed E-state index contributed by atoms with van der Waals surface area (Å²) in [5.41, 5.74) is 1.05. The van der Waals surface area contributed by atoms with Gasteiger partial charge in [-0.05, 0) is 24.3 Å². The van der Waals surface area contributed by atoms with Gasteiger partial charge in [-0.25, -0.2) is 0 Å². The quantitative estimate of drug-likeness (QED) is 0.636. The fourth-order valence-corrected chi connectivity index (χ4v) is 1.04. The number of H-pyrrole nitrogens is 1. The van der Waals surface area contributed by atoms with Crippen LogP contribution in [0.15, 0.2) is 30.5 Å². The second kappa shape index (κ2) is 4.55. The average Bonchev–Trinajstić information content (AvgIpc) is 2.52. The second-order valence-electron chi connectivity index (χ2n) is 2.96. The predicted octanol–water partition coefficient (Wildman–Crippen LogP) is 3.29. The maximum Gasteiger partial charge on any atom is 0.116 e. The SMILES string of the molecule is CCC.Oc1ccc2[nH]ccc2c1. The van der Waals surface area contributed by atoms with Crippen LogP contribution in [0, 0.1) is 0 Å². The third-order valence-corrected chi connectivity index (χ3v) is 1.54. The number of hydrogen-bond donors (Lipinski definition) is 2. The first-order chi connectivity index (χ1) is 6.27. The molecule has 0 aliphatic heterocycles. The topological polar surface area (TPSA) is 36.0 Å². The van der Waals surface area contributed by atoms with E-state index in [2.05, 4.69) is 18.8 Å². The van der Waals surface area contributed by atoms with E-state index in [0.717, 1.165) is 10.9 Å². The van der Waals surface area contributed by atoms with Gasteiger partial charge in [-0.1, -0.05) is 20.3 Å². The molecule has 1 aromatic heterocycles. The minimum atomic E-state index is 0.312. The van der Waals surface area contributed by atoms with Gasteiger partial charge in [0.15, 0.2) is 0 Å². The Bertz CT molecular complexity index is 365. The zero-order valence-electron chi connectivity index (χ0n) is 8.04. The van der Waals surface area contributed by atoms with E-state index in [4.69, 9.17) is 5.11 Å². The third kappa shape index (κ3) is 2.51. The van der Waals surface area contributed by atoms with E-state index in [1.165, 1.54) is 6.42 Å². The first-order valence-electron chi connectivity index (χ1n) is 4.54. The van der Waals surface area contributed by atoms with E-state index in [-0.39, 0.29) is 0 Å². The van der Waals surface area contributed by atoms with Crippen LogP contribution in [-0.2, 0) is 0 Å². The van der Waals surface area contributed by atoms with Crippen LogP contribution >= 0.6 is 0 Å². The van der Waals surface area contributed by atoms with Crippen molar-refractivity contribution in [1.29, 1.82) is 0 Å². The van der Waals surface area contributed by atoms with Crippen LogP contribution in [0.5, 0.6) is 5.75 Å². The van der Waals surface area contributed by atoms with Crippen LogP contribution in [0.2, 0.25) is 0 Å². The Morgan fingerprint density at radius 2 is 1.92 bits per heavy atom. The molecule has 0 spiro atoms. The van der Waals surface area contributed by atoms with E-state index < -0.39 is 0 Å². The second-order valence-corrected chi connectivity index (χ2v) is 2.96. The largest absolute Gasteiger partial charge is 0.508 e. The van der Waals surface area contributed by atoms with Gasteiger partial charge in [0.2, 0.25) is 0 Å². The molecule has 2 rings (SSSR count). The molecule has 13 heavy (non-hydrogen) atoms. The number of phenols is 1. The first-order valence-corrected chi connectivity index (χ1v) is 4.54. The molecule has 2 nitrogen and oxygen atoms in total. The van der Waals surface area contributed by atoms with Crippen molar-refractivity contribution in [2.24, 2.45) is 0 Å². The van der Waals surface area contributed by atoms with Crippen LogP contribution in [0.3, 0.4) is 0 Å². The lowest BCUT2D eigenvalue weighted by molar-refractivity contribution is 0.476. The minimum Gasteiger partial charge on any atom is -0.508 e. The summed E-state index contributed by atoms with van der Waals surface area (Å²) in [6.07, 6.45) is 3.10. The van der Waals surface area contributed by atoms with E-state index in [1.807, 2.05) is 18.3 Å². The minimum absolute atomic E-state index is 0.312. The zero-order chi connectivity index (χ0) is 9.68. The number of phenolic OH excluding ortho intramolecular Hbond substituents is 1. The summed E-state index contributed by atoms with van der Waals surface area (Å²) >= 11 is 0. The van der Waals surface area contributed by atoms with E-state index in [0.29, 0.717) is 5.75 Å². The normalized spacial score (nSPS) is 9.38. The summed E-state index contributed by atoms with van der Waals surface area (Å²) < 4.78 is 0. The van der Waals surface area contributed by atoms with E-state index >= 15 is 0 Å². The van der Waals surface area contributed by atoms with E-state index in [9.17, 15) is 0 Å². The number of rotatable bonds is 0. The monoisotopic (exact) mass is 177 g/mol. The van der Waals surface area contributed by atoms with Crippen molar-refractivity contribution in [3.05, 3.63) is 30.5 Å². The predicted molar refractivity (Wildman–Crippen MR) is 55.9 cm³/mol. The molecule has 2 heteroatoms. The lowest BCUT2D eigenvalue weighted by atomic mass is 10.2. The maximum atomic E-state index is 9.03. The molecule has 0 unspecified atom stereocenters. The van der Waals surface area contributed by atoms with Gasteiger partial charge in [0.25, 0.3) is 0 Å². The Morgan fingerprint density at radius 3 is 2.62 bits per heavy atom. The highest BCUT2D eigenvalue weighted by Gasteiger charge is 1.92. The van der Waals surface area contributed by atoms with Crippen molar-refractivity contribution in [3.63, 3.8) is 0 Å². The summed E-state index contributed by atoms with van der Waals surface area (Å²) in [5.74, 6) is 0.312. The molecule has 0 fully saturated rings. The molecule has 0 bridgehead atoms. The molecule has 2 N–H and O–H groups in total. The van der Waals surface area contributed by atoms with Crippen LogP contribution in [0.4, 0.5) is 0 Å². The van der Waals surface area contributed by atoms with Gasteiger partial charge in [-0.2, -0.15) is 0 Å². The third-order valence-electron chi connectivity index (χ3n) is 1.54. The van der Waals surface area contributed by atoms with Crippen molar-refractivity contribution < 1.29 is 5.11 Å². The van der Waals surface area contributed by atoms with Gasteiger partial charge in [-0.15, -0.1) is 0 Å². The van der Waals surface area contributed by atoms with Crippen LogP contribution in [0.25, 0.3) is 10.9 Å². The standard InChI is InChI=1S/C8H7NO.C3H8/c10-7-1-2-8-6(5-7)3-4-9-8;1-3-2/h1-5,9-10H;3H2,1-2H3. The number of benzene rings is 1. The molecule has 0 radical (unpaired) electrons. The van der Waals surface area contributed by atoms with Crippen molar-refractivity contribution in [3.8, 4) is 5.75 Å². The summed E-state index contributed by atoms with van der Waals surface area (Å²) in [7, 11) is 0. The number of aromatic hydroxyl groups is 1. The molecular formula is C11H15NO. The first kappa shape index (κ1) is 9.65. The summed E-state index contributed by atoms with van der Waals surface area (Å²) in [6, 6.07) is 7.17. The number of hydrogen-bond acceptors (Lipinski definition) is 1. The van der Waals surface area contributed by atoms with Gasteiger partial charge in [0.05, 0.1) is 0 Å². The fourth-order valence-electron chi connectivity index (χ4n) is 1.04. The molecule has 0 saturated carbocycles. The van der Waals surface area contributed by atoms with Crippen LogP contribution < -0.4 is 0 Å². The summed E-state index contributed by atoms with van der Waals surface area (Å²) in [5, 5.41) is 10.1. The molecule has 1 heterocycles. The lowest BCUT2D eigenvalue weighted by Crippen LogP contribution is -1.65. The van der Waals surface area contributed by atoms with Gasteiger partial charge in [-0.3, -0.25) is 0 Å². The number of nitrogens with one attached hydrogen (secondary N) is 1. The van der Waals surface area contributed by atoms with Gasteiger partial charge in [0.1, 0.15) is 5.75 Å². The average molecular weight is 177 g/mol. The molecule has 2 aromatic rings. The Morgan fingerprint density at radius 1 is 1.23 bits per heavy atom. The van der Waals surface area contributed by atoms with Crippen LogP contribution in [-0.4, -0.2) is 10.1 Å². The lowest BCUT2D eigenvalue weighted by Gasteiger charge is -1.89. The maximum absolute atomic E-state index is 9.03. The van der Waals surface area contributed by atoms with Crippen molar-refractivity contribution in [2.75, 3.05) is 0 Å². The molecule has 0 aliphatic rings. The molecule has 0 saturated heterocycles. The van der Waals surface area contributed by atoms with E-state index in [1.54, 1.807) is 12.1 Å². The van der Waals surface area contributed by atoms with Crippen molar-refractivity contribution in [2.45, 2.75) is 20.3 Å². The molecule has 0 atom stereocenters. The number of aromatic nitrogens is 1. The Kier molecular flexibility index (Phi) is 3.38. The summed E-state index contributed by atoms with van der Waals surface area (Å²) in [6.45, 7) is 4.25. The molecule has 0 amide bonds. The van der Waals surface area contributed by atoms with Gasteiger partial charge >= 0.3 is 0 Å². The fraction of sp³-hybridized carbons (Fsp3) is 0.273. The molecule has 1 aromatic carbocycles. The smallest absolute Gasteiger partial charge is 0.116 e. The van der Waals surface area contributed by atoms with Gasteiger partial charge < -0.3 is 10.1 Å². The van der Waals surface area contributed by atoms with Crippen molar-refractivity contribution in [1.82, 2.24) is 4.98 Å². The Hall–Kier alpha value is -1.44. The molecule has 70 valence electrons. The Balaban J connectivity index is 0.000000251. The molecule has 0 aliphatic carbocycles. The zero-order valence-corrected chi connectivity index (χ0v) is 8.04. The Labute approximate surface area is 78.2 Å². The van der Waals surface area contributed by atoms with Gasteiger partial charge in [0, 0.05) is 17.1 Å². The van der Waals surface area contributed by atoms with Crippen LogP contribution in [0.1, 0.15) is 20.3 Å². The number of fused-ring (bicyclic) bond motifs is 1. The summed E-state index contributed by atoms with van der Waals surface area (Å²) in [4.78, 5) is 3.04.